The van der Waals surface area contributed by atoms with Gasteiger partial charge in [0.2, 0.25) is 0 Å². The summed E-state index contributed by atoms with van der Waals surface area (Å²) >= 11 is 0. The maximum Gasteiger partial charge on any atom is 0.490 e. The quantitative estimate of drug-likeness (QED) is 0.796. The summed E-state index contributed by atoms with van der Waals surface area (Å²) in [7, 11) is 0. The predicted octanol–water partition coefficient (Wildman–Crippen LogP) is 2.76. The lowest BCUT2D eigenvalue weighted by molar-refractivity contribution is -0.192. The summed E-state index contributed by atoms with van der Waals surface area (Å²) in [5.74, 6) is -0.708. The molecule has 166 valence electrons. The van der Waals surface area contributed by atoms with E-state index in [1.165, 1.54) is 18.4 Å². The number of carboxylic acids is 1. The second-order valence-corrected chi connectivity index (χ2v) is 7.89. The Morgan fingerprint density at radius 1 is 1.23 bits per heavy atom. The minimum absolute atomic E-state index is 0.155. The highest BCUT2D eigenvalue weighted by Gasteiger charge is 2.38. The summed E-state index contributed by atoms with van der Waals surface area (Å²) in [6.07, 6.45) is -0.797. The number of carbonyl (C=O) groups is 2. The number of alkyl halides is 3. The fourth-order valence-electron chi connectivity index (χ4n) is 3.56. The lowest BCUT2D eigenvalue weighted by Gasteiger charge is -2.25. The first-order valence-corrected chi connectivity index (χ1v) is 10.1. The minimum atomic E-state index is -5.08. The molecular weight excluding hydrogens is 403 g/mol. The standard InChI is InChI=1S/C18H25N3O2.C2HF3O2/c1-13-4-7-15-12-21(18(22)16-3-2-10-23-16)9-8-20(17(15)19-13)11-14-5-6-14;3-2(4,5)1(6)7/h4,7,14,16H,2-3,5-6,8-12H2,1H3;(H,6,7)/t16-;/m1./s1. The van der Waals surface area contributed by atoms with E-state index < -0.39 is 12.1 Å². The third kappa shape index (κ3) is 5.84. The number of ether oxygens (including phenoxy) is 1. The Balaban J connectivity index is 0.000000318. The van der Waals surface area contributed by atoms with E-state index in [4.69, 9.17) is 19.6 Å². The SMILES string of the molecule is Cc1ccc2c(n1)N(CC1CC1)CCN(C(=O)[C@H]1CCCO1)C2.O=C(O)C(F)(F)F. The molecule has 3 heterocycles. The summed E-state index contributed by atoms with van der Waals surface area (Å²) < 4.78 is 37.3. The number of hydrogen-bond donors (Lipinski definition) is 1. The van der Waals surface area contributed by atoms with Gasteiger partial charge in [-0.25, -0.2) is 9.78 Å². The van der Waals surface area contributed by atoms with E-state index in [2.05, 4.69) is 11.0 Å². The molecule has 1 aromatic heterocycles. The van der Waals surface area contributed by atoms with Gasteiger partial charge in [0.1, 0.15) is 11.9 Å². The van der Waals surface area contributed by atoms with Crippen molar-refractivity contribution < 1.29 is 32.6 Å². The molecule has 0 unspecified atom stereocenters. The first-order valence-electron chi connectivity index (χ1n) is 10.1. The van der Waals surface area contributed by atoms with Gasteiger partial charge in [0.15, 0.2) is 0 Å². The highest BCUT2D eigenvalue weighted by Crippen LogP contribution is 2.33. The van der Waals surface area contributed by atoms with Crippen LogP contribution in [0, 0.1) is 12.8 Å². The van der Waals surface area contributed by atoms with E-state index in [1.54, 1.807) is 0 Å². The van der Waals surface area contributed by atoms with Crippen LogP contribution in [0.25, 0.3) is 0 Å². The number of anilines is 1. The number of aromatic nitrogens is 1. The van der Waals surface area contributed by atoms with Crippen molar-refractivity contribution in [2.24, 2.45) is 5.92 Å². The van der Waals surface area contributed by atoms with E-state index in [0.29, 0.717) is 6.54 Å². The topological polar surface area (TPSA) is 83.0 Å². The van der Waals surface area contributed by atoms with Crippen molar-refractivity contribution in [3.05, 3.63) is 23.4 Å². The van der Waals surface area contributed by atoms with E-state index in [0.717, 1.165) is 56.5 Å². The normalized spacial score (nSPS) is 21.4. The lowest BCUT2D eigenvalue weighted by Crippen LogP contribution is -2.41. The van der Waals surface area contributed by atoms with Crippen molar-refractivity contribution >= 4 is 17.7 Å². The van der Waals surface area contributed by atoms with Gasteiger partial charge in [-0.3, -0.25) is 4.79 Å². The van der Waals surface area contributed by atoms with Gasteiger partial charge in [-0.05, 0) is 44.6 Å². The second-order valence-electron chi connectivity index (χ2n) is 7.89. The van der Waals surface area contributed by atoms with Crippen LogP contribution < -0.4 is 4.90 Å². The number of fused-ring (bicyclic) bond motifs is 1. The molecule has 3 aliphatic rings. The third-order valence-corrected chi connectivity index (χ3v) is 5.33. The predicted molar refractivity (Wildman–Crippen MR) is 102 cm³/mol. The molecule has 0 aromatic carbocycles. The Morgan fingerprint density at radius 3 is 2.50 bits per heavy atom. The molecule has 30 heavy (non-hydrogen) atoms. The lowest BCUT2D eigenvalue weighted by atomic mass is 10.2. The molecule has 7 nitrogen and oxygen atoms in total. The molecule has 1 N–H and O–H groups in total. The van der Waals surface area contributed by atoms with Gasteiger partial charge in [-0.2, -0.15) is 13.2 Å². The van der Waals surface area contributed by atoms with E-state index >= 15 is 0 Å². The number of amides is 1. The molecule has 1 saturated carbocycles. The largest absolute Gasteiger partial charge is 0.490 e. The number of aryl methyl sites for hydroxylation is 1. The molecule has 10 heteroatoms. The molecule has 0 radical (unpaired) electrons. The van der Waals surface area contributed by atoms with Crippen LogP contribution in [-0.2, 0) is 20.9 Å². The molecule has 4 rings (SSSR count). The summed E-state index contributed by atoms with van der Waals surface area (Å²) in [5, 5.41) is 7.12. The van der Waals surface area contributed by atoms with Crippen molar-refractivity contribution in [2.45, 2.75) is 51.4 Å². The summed E-state index contributed by atoms with van der Waals surface area (Å²) in [4.78, 5) is 30.8. The summed E-state index contributed by atoms with van der Waals surface area (Å²) in [5.41, 5.74) is 2.21. The van der Waals surface area contributed by atoms with E-state index in [-0.39, 0.29) is 12.0 Å². The first-order chi connectivity index (χ1) is 14.1. The van der Waals surface area contributed by atoms with Crippen LogP contribution in [0.1, 0.15) is 36.9 Å². The minimum Gasteiger partial charge on any atom is -0.475 e. The Kier molecular flexibility index (Phi) is 6.84. The van der Waals surface area contributed by atoms with E-state index in [9.17, 15) is 18.0 Å². The number of pyridine rings is 1. The molecule has 1 amide bonds. The maximum absolute atomic E-state index is 12.7. The zero-order valence-electron chi connectivity index (χ0n) is 16.8. The van der Waals surface area contributed by atoms with Gasteiger partial charge in [-0.1, -0.05) is 6.07 Å². The Bertz CT molecular complexity index is 777. The number of aliphatic carboxylic acids is 1. The molecule has 1 saturated heterocycles. The van der Waals surface area contributed by atoms with Crippen molar-refractivity contribution in [1.29, 1.82) is 0 Å². The van der Waals surface area contributed by atoms with Gasteiger partial charge >= 0.3 is 12.1 Å². The number of carboxylic acid groups (broad SMARTS) is 1. The molecule has 0 bridgehead atoms. The fraction of sp³-hybridized carbons (Fsp3) is 0.650. The number of carbonyl (C=O) groups excluding carboxylic acids is 1. The zero-order chi connectivity index (χ0) is 21.9. The molecule has 1 atom stereocenters. The number of nitrogens with zero attached hydrogens (tertiary/aromatic N) is 3. The molecule has 1 aliphatic carbocycles. The van der Waals surface area contributed by atoms with Crippen LogP contribution in [0.15, 0.2) is 12.1 Å². The Hall–Kier alpha value is -2.36. The number of rotatable bonds is 3. The number of hydrogen-bond acceptors (Lipinski definition) is 5. The molecule has 2 aliphatic heterocycles. The van der Waals surface area contributed by atoms with Crippen LogP contribution in [-0.4, -0.2) is 65.4 Å². The monoisotopic (exact) mass is 429 g/mol. The summed E-state index contributed by atoms with van der Waals surface area (Å²) in [6, 6.07) is 4.19. The molecular formula is C20H26F3N3O4. The smallest absolute Gasteiger partial charge is 0.475 e. The zero-order valence-corrected chi connectivity index (χ0v) is 16.8. The van der Waals surface area contributed by atoms with Crippen molar-refractivity contribution in [2.75, 3.05) is 31.1 Å². The second kappa shape index (κ2) is 9.20. The summed E-state index contributed by atoms with van der Waals surface area (Å²) in [6.45, 7) is 6.12. The average molecular weight is 429 g/mol. The van der Waals surface area contributed by atoms with E-state index in [1.807, 2.05) is 17.9 Å². The highest BCUT2D eigenvalue weighted by atomic mass is 19.4. The Morgan fingerprint density at radius 2 is 1.93 bits per heavy atom. The third-order valence-electron chi connectivity index (χ3n) is 5.33. The molecule has 2 fully saturated rings. The molecule has 1 aromatic rings. The maximum atomic E-state index is 12.7. The van der Waals surface area contributed by atoms with Gasteiger partial charge in [0.25, 0.3) is 5.91 Å². The highest BCUT2D eigenvalue weighted by molar-refractivity contribution is 5.81. The number of halogens is 3. The van der Waals surface area contributed by atoms with Gasteiger partial charge in [0.05, 0.1) is 0 Å². The average Bonchev–Trinajstić information content (AvgIpc) is 3.37. The van der Waals surface area contributed by atoms with Gasteiger partial charge in [-0.15, -0.1) is 0 Å². The van der Waals surface area contributed by atoms with Crippen molar-refractivity contribution in [3.8, 4) is 0 Å². The fourth-order valence-corrected chi connectivity index (χ4v) is 3.56. The van der Waals surface area contributed by atoms with Gasteiger partial charge < -0.3 is 19.6 Å². The molecule has 0 spiro atoms. The van der Waals surface area contributed by atoms with Gasteiger partial charge in [0, 0.05) is 44.0 Å². The van der Waals surface area contributed by atoms with Crippen molar-refractivity contribution in [1.82, 2.24) is 9.88 Å². The van der Waals surface area contributed by atoms with Crippen LogP contribution in [0.5, 0.6) is 0 Å². The van der Waals surface area contributed by atoms with Crippen LogP contribution in [0.4, 0.5) is 19.0 Å². The Labute approximate surface area is 172 Å². The van der Waals surface area contributed by atoms with Crippen LogP contribution >= 0.6 is 0 Å². The van der Waals surface area contributed by atoms with Crippen molar-refractivity contribution in [3.63, 3.8) is 0 Å². The van der Waals surface area contributed by atoms with Crippen LogP contribution in [0.2, 0.25) is 0 Å². The first kappa shape index (κ1) is 22.3. The van der Waals surface area contributed by atoms with Crippen LogP contribution in [0.3, 0.4) is 0 Å².